The highest BCUT2D eigenvalue weighted by Gasteiger charge is 2.04. The summed E-state index contributed by atoms with van der Waals surface area (Å²) in [5, 5.41) is 7.27. The lowest BCUT2D eigenvalue weighted by molar-refractivity contribution is 0.344. The second-order valence-corrected chi connectivity index (χ2v) is 5.35. The Labute approximate surface area is 125 Å². The summed E-state index contributed by atoms with van der Waals surface area (Å²) in [4.78, 5) is 0.269. The number of amidine groups is 1. The van der Waals surface area contributed by atoms with Gasteiger partial charge >= 0.3 is 0 Å². The van der Waals surface area contributed by atoms with E-state index < -0.39 is 11.6 Å². The van der Waals surface area contributed by atoms with Gasteiger partial charge in [0.05, 0.1) is 6.61 Å². The van der Waals surface area contributed by atoms with E-state index in [1.54, 1.807) is 24.3 Å². The van der Waals surface area contributed by atoms with E-state index in [9.17, 15) is 8.78 Å². The van der Waals surface area contributed by atoms with Crippen molar-refractivity contribution in [1.29, 1.82) is 5.41 Å². The first kappa shape index (κ1) is 15.3. The molecule has 6 heteroatoms. The van der Waals surface area contributed by atoms with Crippen molar-refractivity contribution in [2.24, 2.45) is 5.73 Å². The zero-order chi connectivity index (χ0) is 15.2. The van der Waals surface area contributed by atoms with Gasteiger partial charge < -0.3 is 10.5 Å². The lowest BCUT2D eigenvalue weighted by Gasteiger charge is -2.07. The molecular formula is C15H14F2N2OS. The topological polar surface area (TPSA) is 59.1 Å². The first-order valence-electron chi connectivity index (χ1n) is 6.21. The Morgan fingerprint density at radius 1 is 1.14 bits per heavy atom. The van der Waals surface area contributed by atoms with Crippen LogP contribution in [-0.2, 0) is 0 Å². The molecule has 0 heterocycles. The van der Waals surface area contributed by atoms with Crippen LogP contribution in [0, 0.1) is 17.0 Å². The molecule has 0 saturated carbocycles. The molecule has 2 rings (SSSR count). The third-order valence-corrected chi connectivity index (χ3v) is 3.66. The molecule has 21 heavy (non-hydrogen) atoms. The molecule has 0 fully saturated rings. The summed E-state index contributed by atoms with van der Waals surface area (Å²) in [7, 11) is 0. The molecule has 0 aromatic heterocycles. The zero-order valence-electron chi connectivity index (χ0n) is 11.1. The van der Waals surface area contributed by atoms with Crippen LogP contribution in [0.4, 0.5) is 8.78 Å². The molecule has 0 atom stereocenters. The molecule has 0 aliphatic carbocycles. The molecule has 0 radical (unpaired) electrons. The molecule has 0 aliphatic rings. The number of nitrogen functional groups attached to an aromatic ring is 1. The maximum atomic E-state index is 13.4. The van der Waals surface area contributed by atoms with Gasteiger partial charge in [0.1, 0.15) is 23.2 Å². The number of ether oxygens (including phenoxy) is 1. The van der Waals surface area contributed by atoms with Gasteiger partial charge in [-0.1, -0.05) is 0 Å². The molecule has 110 valence electrons. The van der Waals surface area contributed by atoms with Gasteiger partial charge in [0.2, 0.25) is 0 Å². The van der Waals surface area contributed by atoms with Crippen LogP contribution in [0.3, 0.4) is 0 Å². The quantitative estimate of drug-likeness (QED) is 0.372. The van der Waals surface area contributed by atoms with Crippen molar-refractivity contribution in [3.05, 3.63) is 59.7 Å². The molecule has 0 unspecified atom stereocenters. The second-order valence-electron chi connectivity index (χ2n) is 4.21. The largest absolute Gasteiger partial charge is 0.493 e. The van der Waals surface area contributed by atoms with Crippen molar-refractivity contribution in [2.75, 3.05) is 12.4 Å². The highest BCUT2D eigenvalue weighted by molar-refractivity contribution is 7.99. The van der Waals surface area contributed by atoms with Crippen LogP contribution in [0.2, 0.25) is 0 Å². The maximum absolute atomic E-state index is 13.4. The van der Waals surface area contributed by atoms with Crippen LogP contribution in [-0.4, -0.2) is 18.2 Å². The van der Waals surface area contributed by atoms with Gasteiger partial charge in [-0.3, -0.25) is 5.41 Å². The fourth-order valence-corrected chi connectivity index (χ4v) is 2.42. The third-order valence-electron chi connectivity index (χ3n) is 2.67. The summed E-state index contributed by atoms with van der Waals surface area (Å²) in [6.45, 7) is 0.361. The maximum Gasteiger partial charge on any atom is 0.136 e. The van der Waals surface area contributed by atoms with Gasteiger partial charge in [0.25, 0.3) is 0 Å². The summed E-state index contributed by atoms with van der Waals surface area (Å²) in [5.41, 5.74) is 5.97. The summed E-state index contributed by atoms with van der Waals surface area (Å²) >= 11 is 1.19. The second kappa shape index (κ2) is 7.08. The summed E-state index contributed by atoms with van der Waals surface area (Å²) < 4.78 is 31.8. The SMILES string of the molecule is N=C(N)c1ccc(OCCSc2cc(F)ccc2F)cc1. The predicted molar refractivity (Wildman–Crippen MR) is 80.0 cm³/mol. The monoisotopic (exact) mass is 308 g/mol. The molecule has 0 amide bonds. The van der Waals surface area contributed by atoms with Crippen LogP contribution in [0.5, 0.6) is 5.75 Å². The van der Waals surface area contributed by atoms with Crippen molar-refractivity contribution in [3.63, 3.8) is 0 Å². The fourth-order valence-electron chi connectivity index (χ4n) is 1.63. The highest BCUT2D eigenvalue weighted by atomic mass is 32.2. The van der Waals surface area contributed by atoms with Crippen LogP contribution >= 0.6 is 11.8 Å². The van der Waals surface area contributed by atoms with Gasteiger partial charge in [0.15, 0.2) is 0 Å². The summed E-state index contributed by atoms with van der Waals surface area (Å²) in [6, 6.07) is 10.2. The average molecular weight is 308 g/mol. The van der Waals surface area contributed by atoms with Crippen molar-refractivity contribution in [2.45, 2.75) is 4.90 Å². The number of thioether (sulfide) groups is 1. The molecule has 0 spiro atoms. The van der Waals surface area contributed by atoms with Gasteiger partial charge in [-0.25, -0.2) is 8.78 Å². The van der Waals surface area contributed by atoms with E-state index in [0.717, 1.165) is 12.1 Å². The van der Waals surface area contributed by atoms with E-state index in [1.807, 2.05) is 0 Å². The molecule has 2 aromatic rings. The van der Waals surface area contributed by atoms with Crippen molar-refractivity contribution in [3.8, 4) is 5.75 Å². The summed E-state index contributed by atoms with van der Waals surface area (Å²) in [6.07, 6.45) is 0. The molecular weight excluding hydrogens is 294 g/mol. The van der Waals surface area contributed by atoms with E-state index in [0.29, 0.717) is 23.7 Å². The Balaban J connectivity index is 1.81. The van der Waals surface area contributed by atoms with Crippen molar-refractivity contribution in [1.82, 2.24) is 0 Å². The first-order chi connectivity index (χ1) is 10.1. The number of nitrogens with two attached hydrogens (primary N) is 1. The minimum atomic E-state index is -0.459. The Kier molecular flexibility index (Phi) is 5.16. The van der Waals surface area contributed by atoms with Crippen LogP contribution in [0.25, 0.3) is 0 Å². The van der Waals surface area contributed by atoms with Crippen molar-refractivity contribution < 1.29 is 13.5 Å². The lowest BCUT2D eigenvalue weighted by atomic mass is 10.2. The Hall–Kier alpha value is -2.08. The van der Waals surface area contributed by atoms with Gasteiger partial charge in [0, 0.05) is 16.2 Å². The fraction of sp³-hybridized carbons (Fsp3) is 0.133. The van der Waals surface area contributed by atoms with E-state index in [2.05, 4.69) is 0 Å². The van der Waals surface area contributed by atoms with E-state index in [-0.39, 0.29) is 10.7 Å². The van der Waals surface area contributed by atoms with Crippen LogP contribution in [0.15, 0.2) is 47.4 Å². The van der Waals surface area contributed by atoms with Crippen molar-refractivity contribution >= 4 is 17.6 Å². The van der Waals surface area contributed by atoms with Gasteiger partial charge in [-0.2, -0.15) is 0 Å². The predicted octanol–water partition coefficient (Wildman–Crippen LogP) is 3.42. The van der Waals surface area contributed by atoms with E-state index >= 15 is 0 Å². The van der Waals surface area contributed by atoms with E-state index in [1.165, 1.54) is 17.8 Å². The highest BCUT2D eigenvalue weighted by Crippen LogP contribution is 2.22. The van der Waals surface area contributed by atoms with E-state index in [4.69, 9.17) is 15.9 Å². The van der Waals surface area contributed by atoms with Crippen LogP contribution < -0.4 is 10.5 Å². The molecule has 2 aromatic carbocycles. The molecule has 0 aliphatic heterocycles. The number of rotatable bonds is 6. The van der Waals surface area contributed by atoms with Crippen LogP contribution in [0.1, 0.15) is 5.56 Å². The first-order valence-corrected chi connectivity index (χ1v) is 7.20. The number of nitrogens with one attached hydrogen (secondary N) is 1. The molecule has 3 nitrogen and oxygen atoms in total. The van der Waals surface area contributed by atoms with Gasteiger partial charge in [-0.15, -0.1) is 11.8 Å². The Morgan fingerprint density at radius 3 is 2.52 bits per heavy atom. The standard InChI is InChI=1S/C15H14F2N2OS/c16-11-3-6-13(17)14(9-11)21-8-7-20-12-4-1-10(2-5-12)15(18)19/h1-6,9H,7-8H2,(H3,18,19). The Bertz CT molecular complexity index is 632. The lowest BCUT2D eigenvalue weighted by Crippen LogP contribution is -2.10. The normalized spacial score (nSPS) is 10.4. The van der Waals surface area contributed by atoms with Gasteiger partial charge in [-0.05, 0) is 42.5 Å². The Morgan fingerprint density at radius 2 is 1.86 bits per heavy atom. The number of benzene rings is 2. The third kappa shape index (κ3) is 4.46. The molecule has 0 saturated heterocycles. The molecule has 3 N–H and O–H groups in total. The minimum Gasteiger partial charge on any atom is -0.493 e. The number of halogens is 2. The smallest absolute Gasteiger partial charge is 0.136 e. The summed E-state index contributed by atoms with van der Waals surface area (Å²) in [5.74, 6) is 0.236. The minimum absolute atomic E-state index is 0.00122. The average Bonchev–Trinajstić information content (AvgIpc) is 2.47. The molecule has 0 bridgehead atoms. The number of hydrogen-bond acceptors (Lipinski definition) is 3. The number of hydrogen-bond donors (Lipinski definition) is 2. The zero-order valence-corrected chi connectivity index (χ0v) is 11.9.